The van der Waals surface area contributed by atoms with Crippen LogP contribution < -0.4 is 4.90 Å². The number of carboxylic acid groups (broad SMARTS) is 1. The molecule has 0 bridgehead atoms. The van der Waals surface area contributed by atoms with Crippen LogP contribution >= 0.6 is 0 Å². The van der Waals surface area contributed by atoms with E-state index in [4.69, 9.17) is 5.11 Å². The molecule has 0 unspecified atom stereocenters. The zero-order valence-electron chi connectivity index (χ0n) is 12.7. The second-order valence-corrected chi connectivity index (χ2v) is 5.28. The fourth-order valence-corrected chi connectivity index (χ4v) is 1.67. The van der Waals surface area contributed by atoms with Crippen LogP contribution in [0.15, 0.2) is 24.3 Å². The molecular weight excluding hydrogens is 256 g/mol. The van der Waals surface area contributed by atoms with Crippen molar-refractivity contribution in [3.8, 4) is 0 Å². The van der Waals surface area contributed by atoms with Gasteiger partial charge in [-0.3, -0.25) is 4.90 Å². The summed E-state index contributed by atoms with van der Waals surface area (Å²) in [6, 6.07) is 7.28. The molecule has 0 aromatic heterocycles. The molecule has 5 heteroatoms. The summed E-state index contributed by atoms with van der Waals surface area (Å²) in [7, 11) is 3.13. The van der Waals surface area contributed by atoms with E-state index in [-0.39, 0.29) is 6.03 Å². The smallest absolute Gasteiger partial charge is 0.329 e. The van der Waals surface area contributed by atoms with Gasteiger partial charge in [-0.05, 0) is 38.0 Å². The van der Waals surface area contributed by atoms with Crippen LogP contribution in [0.4, 0.5) is 10.5 Å². The van der Waals surface area contributed by atoms with Crippen molar-refractivity contribution in [2.45, 2.75) is 32.7 Å². The number of aliphatic carboxylic acids is 1. The minimum Gasteiger partial charge on any atom is -0.480 e. The fourth-order valence-electron chi connectivity index (χ4n) is 1.67. The first kappa shape index (κ1) is 16.0. The lowest BCUT2D eigenvalue weighted by Gasteiger charge is -2.34. The molecule has 20 heavy (non-hydrogen) atoms. The third-order valence-corrected chi connectivity index (χ3v) is 3.67. The number of nitrogens with zero attached hydrogens (tertiary/aromatic N) is 2. The number of likely N-dealkylation sites (N-methyl/N-ethyl adjacent to an activating group) is 1. The number of amides is 2. The molecular formula is C15H22N2O3. The zero-order chi connectivity index (χ0) is 15.5. The van der Waals surface area contributed by atoms with E-state index in [0.29, 0.717) is 0 Å². The molecule has 0 saturated heterocycles. The molecule has 2 amide bonds. The van der Waals surface area contributed by atoms with E-state index < -0.39 is 11.5 Å². The Morgan fingerprint density at radius 2 is 1.65 bits per heavy atom. The van der Waals surface area contributed by atoms with Crippen molar-refractivity contribution in [3.63, 3.8) is 0 Å². The van der Waals surface area contributed by atoms with E-state index in [9.17, 15) is 9.59 Å². The Hall–Kier alpha value is -2.04. The number of urea groups is 1. The van der Waals surface area contributed by atoms with E-state index in [1.54, 1.807) is 7.05 Å². The summed E-state index contributed by atoms with van der Waals surface area (Å²) in [5, 5.41) is 9.17. The van der Waals surface area contributed by atoms with Gasteiger partial charge in [-0.2, -0.15) is 0 Å². The maximum atomic E-state index is 12.3. The number of carbonyl (C=O) groups is 2. The number of hydrogen-bond acceptors (Lipinski definition) is 2. The molecule has 0 heterocycles. The van der Waals surface area contributed by atoms with E-state index in [0.717, 1.165) is 12.1 Å². The van der Waals surface area contributed by atoms with Gasteiger partial charge in [-0.25, -0.2) is 9.59 Å². The van der Waals surface area contributed by atoms with Crippen LogP contribution in [-0.4, -0.2) is 41.6 Å². The van der Waals surface area contributed by atoms with E-state index in [2.05, 4.69) is 6.92 Å². The Morgan fingerprint density at radius 3 is 2.05 bits per heavy atom. The van der Waals surface area contributed by atoms with Crippen molar-refractivity contribution in [3.05, 3.63) is 29.8 Å². The second-order valence-electron chi connectivity index (χ2n) is 5.28. The Morgan fingerprint density at radius 1 is 1.15 bits per heavy atom. The predicted molar refractivity (Wildman–Crippen MR) is 79.1 cm³/mol. The average Bonchev–Trinajstić information content (AvgIpc) is 2.44. The highest BCUT2D eigenvalue weighted by atomic mass is 16.4. The van der Waals surface area contributed by atoms with Crippen molar-refractivity contribution in [1.82, 2.24) is 4.90 Å². The van der Waals surface area contributed by atoms with Crippen LogP contribution in [0.1, 0.15) is 26.3 Å². The van der Waals surface area contributed by atoms with E-state index in [1.165, 1.54) is 36.3 Å². The number of aryl methyl sites for hydroxylation is 1. The Labute approximate surface area is 119 Å². The number of rotatable bonds is 4. The van der Waals surface area contributed by atoms with E-state index >= 15 is 0 Å². The van der Waals surface area contributed by atoms with Crippen LogP contribution in [0, 0.1) is 0 Å². The SMILES string of the molecule is CCc1ccc(N(C)C(=O)N(C)C(C)(C)C(=O)O)cc1. The number of hydrogen-bond donors (Lipinski definition) is 1. The number of carboxylic acids is 1. The van der Waals surface area contributed by atoms with Gasteiger partial charge in [0.15, 0.2) is 0 Å². The van der Waals surface area contributed by atoms with Gasteiger partial charge in [0.1, 0.15) is 5.54 Å². The van der Waals surface area contributed by atoms with Crippen LogP contribution in [0.5, 0.6) is 0 Å². The van der Waals surface area contributed by atoms with Gasteiger partial charge < -0.3 is 10.0 Å². The second kappa shape index (κ2) is 5.94. The van der Waals surface area contributed by atoms with Crippen LogP contribution in [0.3, 0.4) is 0 Å². The lowest BCUT2D eigenvalue weighted by Crippen LogP contribution is -2.54. The summed E-state index contributed by atoms with van der Waals surface area (Å²) >= 11 is 0. The predicted octanol–water partition coefficient (Wildman–Crippen LogP) is 2.60. The first-order valence-electron chi connectivity index (χ1n) is 6.55. The minimum atomic E-state index is -1.26. The first-order chi connectivity index (χ1) is 9.21. The van der Waals surface area contributed by atoms with Crippen molar-refractivity contribution in [2.24, 2.45) is 0 Å². The van der Waals surface area contributed by atoms with Gasteiger partial charge in [-0.15, -0.1) is 0 Å². The molecule has 0 fully saturated rings. The molecule has 0 radical (unpaired) electrons. The highest BCUT2D eigenvalue weighted by Gasteiger charge is 2.36. The number of benzene rings is 1. The summed E-state index contributed by atoms with van der Waals surface area (Å²) in [6.07, 6.45) is 0.934. The minimum absolute atomic E-state index is 0.360. The summed E-state index contributed by atoms with van der Waals surface area (Å²) in [5.41, 5.74) is 0.670. The largest absolute Gasteiger partial charge is 0.480 e. The molecule has 0 aliphatic heterocycles. The molecule has 0 spiro atoms. The normalized spacial score (nSPS) is 11.1. The van der Waals surface area contributed by atoms with E-state index in [1.807, 2.05) is 24.3 Å². The summed E-state index contributed by atoms with van der Waals surface area (Å²) < 4.78 is 0. The molecule has 1 aromatic carbocycles. The van der Waals surface area contributed by atoms with Crippen molar-refractivity contribution in [1.29, 1.82) is 0 Å². The van der Waals surface area contributed by atoms with Crippen molar-refractivity contribution >= 4 is 17.7 Å². The molecule has 110 valence electrons. The topological polar surface area (TPSA) is 60.9 Å². The molecule has 1 rings (SSSR count). The third kappa shape index (κ3) is 3.10. The van der Waals surface area contributed by atoms with Gasteiger partial charge in [0.2, 0.25) is 0 Å². The molecule has 0 aliphatic carbocycles. The van der Waals surface area contributed by atoms with Crippen molar-refractivity contribution in [2.75, 3.05) is 19.0 Å². The lowest BCUT2D eigenvalue weighted by molar-refractivity contribution is -0.146. The van der Waals surface area contributed by atoms with Gasteiger partial charge >= 0.3 is 12.0 Å². The molecule has 0 saturated carbocycles. The van der Waals surface area contributed by atoms with Gasteiger partial charge in [-0.1, -0.05) is 19.1 Å². The first-order valence-corrected chi connectivity index (χ1v) is 6.55. The summed E-state index contributed by atoms with van der Waals surface area (Å²) in [6.45, 7) is 5.07. The summed E-state index contributed by atoms with van der Waals surface area (Å²) in [5.74, 6) is -1.04. The van der Waals surface area contributed by atoms with Gasteiger partial charge in [0.25, 0.3) is 0 Å². The van der Waals surface area contributed by atoms with Crippen molar-refractivity contribution < 1.29 is 14.7 Å². The molecule has 0 atom stereocenters. The standard InChI is InChI=1S/C15H22N2O3/c1-6-11-7-9-12(10-8-11)16(4)14(20)17(5)15(2,3)13(18)19/h7-10H,6H2,1-5H3,(H,18,19). The highest BCUT2D eigenvalue weighted by molar-refractivity contribution is 5.95. The Kier molecular flexibility index (Phi) is 4.76. The number of anilines is 1. The Bertz CT molecular complexity index is 494. The van der Waals surface area contributed by atoms with Gasteiger partial charge in [0.05, 0.1) is 0 Å². The average molecular weight is 278 g/mol. The summed E-state index contributed by atoms with van der Waals surface area (Å²) in [4.78, 5) is 26.2. The van der Waals surface area contributed by atoms with Crippen LogP contribution in [-0.2, 0) is 11.2 Å². The molecule has 0 aliphatic rings. The highest BCUT2D eigenvalue weighted by Crippen LogP contribution is 2.19. The lowest BCUT2D eigenvalue weighted by atomic mass is 10.0. The fraction of sp³-hybridized carbons (Fsp3) is 0.467. The van der Waals surface area contributed by atoms with Gasteiger partial charge in [0, 0.05) is 19.8 Å². The van der Waals surface area contributed by atoms with Crippen LogP contribution in [0.2, 0.25) is 0 Å². The van der Waals surface area contributed by atoms with Crippen LogP contribution in [0.25, 0.3) is 0 Å². The maximum absolute atomic E-state index is 12.3. The number of carbonyl (C=O) groups excluding carboxylic acids is 1. The monoisotopic (exact) mass is 278 g/mol. The quantitative estimate of drug-likeness (QED) is 0.921. The zero-order valence-corrected chi connectivity index (χ0v) is 12.7. The Balaban J connectivity index is 2.93. The molecule has 1 aromatic rings. The third-order valence-electron chi connectivity index (χ3n) is 3.67. The molecule has 5 nitrogen and oxygen atoms in total. The maximum Gasteiger partial charge on any atom is 0.329 e. The molecule has 1 N–H and O–H groups in total.